The third-order valence-electron chi connectivity index (χ3n) is 4.14. The zero-order valence-electron chi connectivity index (χ0n) is 12.6. The molecule has 0 saturated carbocycles. The number of hydrogen-bond donors (Lipinski definition) is 1. The summed E-state index contributed by atoms with van der Waals surface area (Å²) >= 11 is 6.27. The fraction of sp³-hybridized carbons (Fsp3) is 0.0526. The molecule has 24 heavy (non-hydrogen) atoms. The highest BCUT2D eigenvalue weighted by atomic mass is 35.5. The van der Waals surface area contributed by atoms with Crippen LogP contribution in [-0.2, 0) is 6.54 Å². The van der Waals surface area contributed by atoms with Crippen LogP contribution in [0.15, 0.2) is 60.7 Å². The highest BCUT2D eigenvalue weighted by Crippen LogP contribution is 2.28. The van der Waals surface area contributed by atoms with Crippen LogP contribution in [0.4, 0.5) is 0 Å². The molecule has 0 atom stereocenters. The molecule has 0 saturated heterocycles. The van der Waals surface area contributed by atoms with Crippen molar-refractivity contribution in [3.05, 3.63) is 76.9 Å². The molecule has 4 rings (SSSR count). The Kier molecular flexibility index (Phi) is 3.47. The second-order valence-corrected chi connectivity index (χ2v) is 5.99. The summed E-state index contributed by atoms with van der Waals surface area (Å²) in [5.41, 5.74) is 1.91. The summed E-state index contributed by atoms with van der Waals surface area (Å²) in [6, 6.07) is 19.1. The first-order chi connectivity index (χ1) is 11.6. The van der Waals surface area contributed by atoms with E-state index in [0.29, 0.717) is 17.0 Å². The largest absolute Gasteiger partial charge is 0.476 e. The van der Waals surface area contributed by atoms with Crippen molar-refractivity contribution in [1.82, 2.24) is 9.78 Å². The van der Waals surface area contributed by atoms with E-state index in [0.717, 1.165) is 21.9 Å². The van der Waals surface area contributed by atoms with Crippen molar-refractivity contribution >= 4 is 39.2 Å². The van der Waals surface area contributed by atoms with Crippen molar-refractivity contribution in [3.63, 3.8) is 0 Å². The Labute approximate surface area is 142 Å². The summed E-state index contributed by atoms with van der Waals surface area (Å²) < 4.78 is 1.73. The number of aromatic nitrogens is 2. The van der Waals surface area contributed by atoms with Crippen LogP contribution in [0.1, 0.15) is 16.1 Å². The number of carbonyl (C=O) groups is 1. The number of rotatable bonds is 3. The number of aromatic carboxylic acids is 1. The third-order valence-corrected chi connectivity index (χ3v) is 4.47. The van der Waals surface area contributed by atoms with Gasteiger partial charge in [0.1, 0.15) is 0 Å². The molecule has 0 spiro atoms. The number of nitrogens with zero attached hydrogens (tertiary/aromatic N) is 2. The van der Waals surface area contributed by atoms with Gasteiger partial charge in [-0.2, -0.15) is 5.10 Å². The molecular weight excluding hydrogens is 324 g/mol. The van der Waals surface area contributed by atoms with Gasteiger partial charge in [-0.05, 0) is 23.1 Å². The van der Waals surface area contributed by atoms with Crippen LogP contribution in [0.2, 0.25) is 5.02 Å². The molecule has 4 nitrogen and oxygen atoms in total. The fourth-order valence-corrected chi connectivity index (χ4v) is 3.26. The molecule has 0 amide bonds. The Morgan fingerprint density at radius 1 is 0.958 bits per heavy atom. The van der Waals surface area contributed by atoms with Crippen LogP contribution >= 0.6 is 11.6 Å². The normalized spacial score (nSPS) is 11.2. The van der Waals surface area contributed by atoms with Crippen molar-refractivity contribution in [2.45, 2.75) is 6.54 Å². The molecule has 0 aliphatic heterocycles. The maximum Gasteiger partial charge on any atom is 0.357 e. The number of carboxylic acids is 1. The van der Waals surface area contributed by atoms with E-state index in [1.165, 1.54) is 0 Å². The number of benzene rings is 3. The summed E-state index contributed by atoms with van der Waals surface area (Å²) in [6.07, 6.45) is 0. The molecule has 5 heteroatoms. The lowest BCUT2D eigenvalue weighted by atomic mass is 10.0. The molecule has 3 aromatic carbocycles. The molecule has 0 bridgehead atoms. The molecule has 4 aromatic rings. The van der Waals surface area contributed by atoms with Crippen LogP contribution in [0, 0.1) is 0 Å². The van der Waals surface area contributed by atoms with E-state index in [-0.39, 0.29) is 5.69 Å². The minimum Gasteiger partial charge on any atom is -0.476 e. The zero-order valence-corrected chi connectivity index (χ0v) is 13.4. The highest BCUT2D eigenvalue weighted by Gasteiger charge is 2.16. The number of halogens is 1. The van der Waals surface area contributed by atoms with Crippen LogP contribution in [-0.4, -0.2) is 20.9 Å². The van der Waals surface area contributed by atoms with Crippen LogP contribution < -0.4 is 0 Å². The minimum absolute atomic E-state index is 0.0730. The molecular formula is C19H13ClN2O2. The molecule has 0 unspecified atom stereocenters. The van der Waals surface area contributed by atoms with Crippen LogP contribution in [0.5, 0.6) is 0 Å². The molecule has 0 aliphatic rings. The Morgan fingerprint density at radius 3 is 2.38 bits per heavy atom. The number of fused-ring (bicyclic) bond motifs is 2. The summed E-state index contributed by atoms with van der Waals surface area (Å²) in [6.45, 7) is 0.478. The van der Waals surface area contributed by atoms with E-state index in [1.54, 1.807) is 10.7 Å². The van der Waals surface area contributed by atoms with Gasteiger partial charge in [-0.25, -0.2) is 4.79 Å². The Bertz CT molecular complexity index is 1090. The molecule has 1 aromatic heterocycles. The zero-order chi connectivity index (χ0) is 16.7. The monoisotopic (exact) mass is 336 g/mol. The van der Waals surface area contributed by atoms with Gasteiger partial charge in [-0.1, -0.05) is 60.1 Å². The summed E-state index contributed by atoms with van der Waals surface area (Å²) in [5, 5.41) is 17.0. The summed E-state index contributed by atoms with van der Waals surface area (Å²) in [7, 11) is 0. The van der Waals surface area contributed by atoms with Crippen molar-refractivity contribution in [2.24, 2.45) is 0 Å². The average Bonchev–Trinajstić information content (AvgIpc) is 2.97. The minimum atomic E-state index is -1.02. The first-order valence-electron chi connectivity index (χ1n) is 7.50. The molecule has 0 fully saturated rings. The smallest absolute Gasteiger partial charge is 0.357 e. The standard InChI is InChI=1S/C19H13ClN2O2/c20-16-10-9-12(13-5-1-2-6-14(13)16)11-22-17-8-4-3-7-15(17)18(21-22)19(23)24/h1-10H,11H2,(H,23,24). The van der Waals surface area contributed by atoms with Crippen molar-refractivity contribution in [1.29, 1.82) is 0 Å². The summed E-state index contributed by atoms with van der Waals surface area (Å²) in [4.78, 5) is 11.4. The Balaban J connectivity index is 1.89. The van der Waals surface area contributed by atoms with Gasteiger partial charge < -0.3 is 5.11 Å². The van der Waals surface area contributed by atoms with Crippen molar-refractivity contribution in [2.75, 3.05) is 0 Å². The molecule has 118 valence electrons. The van der Waals surface area contributed by atoms with Crippen LogP contribution in [0.25, 0.3) is 21.7 Å². The molecule has 0 radical (unpaired) electrons. The SMILES string of the molecule is O=C(O)c1nn(Cc2ccc(Cl)c3ccccc23)c2ccccc12. The maximum absolute atomic E-state index is 11.4. The number of para-hydroxylation sites is 1. The van der Waals surface area contributed by atoms with Gasteiger partial charge in [0, 0.05) is 15.8 Å². The van der Waals surface area contributed by atoms with E-state index < -0.39 is 5.97 Å². The third kappa shape index (κ3) is 2.32. The van der Waals surface area contributed by atoms with Gasteiger partial charge in [0.05, 0.1) is 12.1 Å². The number of hydrogen-bond acceptors (Lipinski definition) is 2. The number of carboxylic acid groups (broad SMARTS) is 1. The van der Waals surface area contributed by atoms with Gasteiger partial charge in [0.25, 0.3) is 0 Å². The lowest BCUT2D eigenvalue weighted by Crippen LogP contribution is -2.05. The van der Waals surface area contributed by atoms with E-state index in [2.05, 4.69) is 5.10 Å². The predicted molar refractivity (Wildman–Crippen MR) is 94.8 cm³/mol. The lowest BCUT2D eigenvalue weighted by Gasteiger charge is -2.09. The first kappa shape index (κ1) is 14.7. The van der Waals surface area contributed by atoms with Gasteiger partial charge in [0.2, 0.25) is 0 Å². The van der Waals surface area contributed by atoms with E-state index >= 15 is 0 Å². The lowest BCUT2D eigenvalue weighted by molar-refractivity contribution is 0.0691. The fourth-order valence-electron chi connectivity index (χ4n) is 3.03. The molecule has 0 aliphatic carbocycles. The predicted octanol–water partition coefficient (Wildman–Crippen LogP) is 4.59. The van der Waals surface area contributed by atoms with E-state index in [4.69, 9.17) is 11.6 Å². The van der Waals surface area contributed by atoms with Gasteiger partial charge in [-0.15, -0.1) is 0 Å². The maximum atomic E-state index is 11.4. The first-order valence-corrected chi connectivity index (χ1v) is 7.88. The second-order valence-electron chi connectivity index (χ2n) is 5.58. The molecule has 1 heterocycles. The van der Waals surface area contributed by atoms with Crippen molar-refractivity contribution < 1.29 is 9.90 Å². The highest BCUT2D eigenvalue weighted by molar-refractivity contribution is 6.35. The molecule has 1 N–H and O–H groups in total. The average molecular weight is 337 g/mol. The Hall–Kier alpha value is -2.85. The summed E-state index contributed by atoms with van der Waals surface area (Å²) in [5.74, 6) is -1.02. The quantitative estimate of drug-likeness (QED) is 0.595. The Morgan fingerprint density at radius 2 is 1.62 bits per heavy atom. The van der Waals surface area contributed by atoms with Crippen molar-refractivity contribution in [3.8, 4) is 0 Å². The van der Waals surface area contributed by atoms with E-state index in [1.807, 2.05) is 54.6 Å². The van der Waals surface area contributed by atoms with Gasteiger partial charge in [0.15, 0.2) is 5.69 Å². The van der Waals surface area contributed by atoms with Gasteiger partial charge in [-0.3, -0.25) is 4.68 Å². The topological polar surface area (TPSA) is 55.1 Å². The van der Waals surface area contributed by atoms with Gasteiger partial charge >= 0.3 is 5.97 Å². The van der Waals surface area contributed by atoms with E-state index in [9.17, 15) is 9.90 Å². The second kappa shape index (κ2) is 5.65. The van der Waals surface area contributed by atoms with Crippen LogP contribution in [0.3, 0.4) is 0 Å².